The summed E-state index contributed by atoms with van der Waals surface area (Å²) in [6.45, 7) is 2.71. The molecule has 0 saturated heterocycles. The Kier molecular flexibility index (Phi) is 6.46. The normalized spacial score (nSPS) is 10.9. The maximum atomic E-state index is 4.90. The molecule has 0 amide bonds. The Morgan fingerprint density at radius 3 is 2.40 bits per heavy atom. The highest BCUT2D eigenvalue weighted by atomic mass is 32.2. The lowest BCUT2D eigenvalue weighted by Crippen LogP contribution is -2.03. The van der Waals surface area contributed by atoms with E-state index >= 15 is 0 Å². The fourth-order valence-corrected chi connectivity index (χ4v) is 3.46. The number of para-hydroxylation sites is 1. The third-order valence-electron chi connectivity index (χ3n) is 4.61. The summed E-state index contributed by atoms with van der Waals surface area (Å²) in [6.07, 6.45) is 0. The second-order valence-corrected chi connectivity index (χ2v) is 7.53. The fourth-order valence-electron chi connectivity index (χ4n) is 3.09. The number of hydrogen-bond acceptors (Lipinski definition) is 6. The van der Waals surface area contributed by atoms with Gasteiger partial charge in [0.15, 0.2) is 0 Å². The number of benzene rings is 3. The standard InChI is InChI=1S/C23H22N4O2S/c1-17-7-9-18(10-8-17)23-15-20(16-25-19-5-3-2-4-6-19)26-27(23)21-11-13-22(14-12-21)30-29-28-24/h2-15,25H,16,24H2,1H3. The molecule has 0 atom stereocenters. The molecule has 152 valence electrons. The molecule has 0 aliphatic rings. The van der Waals surface area contributed by atoms with E-state index in [0.29, 0.717) is 6.54 Å². The highest BCUT2D eigenvalue weighted by Crippen LogP contribution is 2.27. The van der Waals surface area contributed by atoms with E-state index in [9.17, 15) is 0 Å². The second-order valence-electron chi connectivity index (χ2n) is 6.76. The zero-order chi connectivity index (χ0) is 20.8. The topological polar surface area (TPSA) is 74.3 Å². The number of aryl methyl sites for hydroxylation is 1. The van der Waals surface area contributed by atoms with Crippen molar-refractivity contribution in [1.82, 2.24) is 9.78 Å². The molecule has 4 rings (SSSR count). The van der Waals surface area contributed by atoms with E-state index in [1.807, 2.05) is 59.3 Å². The summed E-state index contributed by atoms with van der Waals surface area (Å²) in [5.74, 6) is 4.90. The Labute approximate surface area is 179 Å². The van der Waals surface area contributed by atoms with Crippen LogP contribution in [0.4, 0.5) is 5.69 Å². The molecule has 4 aromatic rings. The Morgan fingerprint density at radius 2 is 1.70 bits per heavy atom. The summed E-state index contributed by atoms with van der Waals surface area (Å²) in [6, 6.07) is 28.5. The number of hydrogen-bond donors (Lipinski definition) is 2. The van der Waals surface area contributed by atoms with Crippen LogP contribution in [0.3, 0.4) is 0 Å². The van der Waals surface area contributed by atoms with Crippen molar-refractivity contribution in [1.29, 1.82) is 0 Å². The summed E-state index contributed by atoms with van der Waals surface area (Å²) >= 11 is 1.05. The number of aromatic nitrogens is 2. The van der Waals surface area contributed by atoms with Gasteiger partial charge < -0.3 is 5.32 Å². The van der Waals surface area contributed by atoms with E-state index in [1.165, 1.54) is 5.56 Å². The fraction of sp³-hybridized carbons (Fsp3) is 0.0870. The largest absolute Gasteiger partial charge is 0.379 e. The molecule has 0 fully saturated rings. The van der Waals surface area contributed by atoms with Gasteiger partial charge in [0.25, 0.3) is 0 Å². The first kappa shape index (κ1) is 20.2. The van der Waals surface area contributed by atoms with Gasteiger partial charge in [-0.1, -0.05) is 48.0 Å². The van der Waals surface area contributed by atoms with Crippen LogP contribution in [0.5, 0.6) is 0 Å². The highest BCUT2D eigenvalue weighted by Gasteiger charge is 2.12. The number of nitrogens with one attached hydrogen (secondary N) is 1. The quantitative estimate of drug-likeness (QED) is 0.230. The third kappa shape index (κ3) is 4.90. The molecular formula is C23H22N4O2S. The van der Waals surface area contributed by atoms with Crippen LogP contribution < -0.4 is 11.2 Å². The van der Waals surface area contributed by atoms with Gasteiger partial charge >= 0.3 is 0 Å². The van der Waals surface area contributed by atoms with E-state index in [2.05, 4.69) is 47.6 Å². The molecule has 6 nitrogen and oxygen atoms in total. The number of anilines is 1. The molecule has 0 bridgehead atoms. The van der Waals surface area contributed by atoms with Gasteiger partial charge in [-0.05, 0) is 49.4 Å². The van der Waals surface area contributed by atoms with Crippen molar-refractivity contribution >= 4 is 17.7 Å². The molecule has 1 heterocycles. The van der Waals surface area contributed by atoms with E-state index in [0.717, 1.165) is 45.3 Å². The minimum Gasteiger partial charge on any atom is -0.379 e. The Morgan fingerprint density at radius 1 is 0.967 bits per heavy atom. The van der Waals surface area contributed by atoms with Crippen LogP contribution in [-0.4, -0.2) is 9.78 Å². The van der Waals surface area contributed by atoms with Crippen molar-refractivity contribution in [3.63, 3.8) is 0 Å². The van der Waals surface area contributed by atoms with Crippen LogP contribution in [0, 0.1) is 6.92 Å². The van der Waals surface area contributed by atoms with Gasteiger partial charge in [0, 0.05) is 16.1 Å². The zero-order valence-corrected chi connectivity index (χ0v) is 17.3. The van der Waals surface area contributed by atoms with Crippen molar-refractivity contribution in [2.75, 3.05) is 5.32 Å². The minimum absolute atomic E-state index is 0.630. The Balaban J connectivity index is 1.64. The molecule has 0 unspecified atom stereocenters. The van der Waals surface area contributed by atoms with Crippen LogP contribution in [0.15, 0.2) is 89.8 Å². The van der Waals surface area contributed by atoms with Gasteiger partial charge in [0.05, 0.1) is 35.7 Å². The summed E-state index contributed by atoms with van der Waals surface area (Å²) < 4.78 is 6.67. The predicted octanol–water partition coefficient (Wildman–Crippen LogP) is 5.29. The summed E-state index contributed by atoms with van der Waals surface area (Å²) in [4.78, 5) is 5.03. The lowest BCUT2D eigenvalue weighted by atomic mass is 10.1. The SMILES string of the molecule is Cc1ccc(-c2cc(CNc3ccccc3)nn2-c2ccc(SOON)cc2)cc1. The third-order valence-corrected chi connectivity index (χ3v) is 5.22. The van der Waals surface area contributed by atoms with Crippen molar-refractivity contribution in [2.24, 2.45) is 5.90 Å². The Hall–Kier alpha value is -3.10. The van der Waals surface area contributed by atoms with E-state index in [1.54, 1.807) is 0 Å². The lowest BCUT2D eigenvalue weighted by molar-refractivity contribution is -0.195. The van der Waals surface area contributed by atoms with Crippen molar-refractivity contribution in [3.05, 3.63) is 96.2 Å². The van der Waals surface area contributed by atoms with Gasteiger partial charge in [-0.3, -0.25) is 0 Å². The molecule has 0 aliphatic carbocycles. The first-order valence-corrected chi connectivity index (χ1v) is 10.2. The van der Waals surface area contributed by atoms with Gasteiger partial charge in [0.1, 0.15) is 0 Å². The zero-order valence-electron chi connectivity index (χ0n) is 16.5. The van der Waals surface area contributed by atoms with Crippen LogP contribution >= 0.6 is 12.0 Å². The molecule has 7 heteroatoms. The van der Waals surface area contributed by atoms with Gasteiger partial charge in [-0.2, -0.15) is 11.0 Å². The maximum Gasteiger partial charge on any atom is 0.0826 e. The van der Waals surface area contributed by atoms with Crippen LogP contribution in [0.1, 0.15) is 11.3 Å². The predicted molar refractivity (Wildman–Crippen MR) is 120 cm³/mol. The van der Waals surface area contributed by atoms with Gasteiger partial charge in [0.2, 0.25) is 0 Å². The highest BCUT2D eigenvalue weighted by molar-refractivity contribution is 7.94. The summed E-state index contributed by atoms with van der Waals surface area (Å²) in [5, 5.41) is 8.28. The van der Waals surface area contributed by atoms with Gasteiger partial charge in [-0.25, -0.2) is 4.68 Å². The molecule has 3 N–H and O–H groups in total. The van der Waals surface area contributed by atoms with E-state index < -0.39 is 0 Å². The van der Waals surface area contributed by atoms with Crippen molar-refractivity contribution in [3.8, 4) is 16.9 Å². The lowest BCUT2D eigenvalue weighted by Gasteiger charge is -2.09. The first-order valence-electron chi connectivity index (χ1n) is 9.48. The second kappa shape index (κ2) is 9.60. The average molecular weight is 419 g/mol. The monoisotopic (exact) mass is 418 g/mol. The Bertz CT molecular complexity index is 1080. The number of rotatable bonds is 8. The molecule has 0 spiro atoms. The maximum absolute atomic E-state index is 4.90. The summed E-state index contributed by atoms with van der Waals surface area (Å²) in [5.41, 5.74) is 6.33. The van der Waals surface area contributed by atoms with E-state index in [-0.39, 0.29) is 0 Å². The van der Waals surface area contributed by atoms with Gasteiger partial charge in [-0.15, -0.1) is 9.32 Å². The average Bonchev–Trinajstić information content (AvgIpc) is 3.22. The smallest absolute Gasteiger partial charge is 0.0826 e. The molecule has 0 aliphatic heterocycles. The molecular weight excluding hydrogens is 396 g/mol. The van der Waals surface area contributed by atoms with Crippen LogP contribution in [0.2, 0.25) is 0 Å². The molecule has 0 radical (unpaired) electrons. The van der Waals surface area contributed by atoms with Crippen LogP contribution in [0.25, 0.3) is 16.9 Å². The molecule has 30 heavy (non-hydrogen) atoms. The number of nitrogens with two attached hydrogens (primary N) is 1. The molecule has 1 aromatic heterocycles. The number of nitrogens with zero attached hydrogens (tertiary/aromatic N) is 2. The molecule has 3 aromatic carbocycles. The van der Waals surface area contributed by atoms with Crippen molar-refractivity contribution < 1.29 is 9.32 Å². The molecule has 0 saturated carbocycles. The van der Waals surface area contributed by atoms with Crippen LogP contribution in [-0.2, 0) is 15.9 Å². The van der Waals surface area contributed by atoms with Crippen molar-refractivity contribution in [2.45, 2.75) is 18.4 Å². The summed E-state index contributed by atoms with van der Waals surface area (Å²) in [7, 11) is 0. The minimum atomic E-state index is 0.630. The van der Waals surface area contributed by atoms with E-state index in [4.69, 9.17) is 15.3 Å². The first-order chi connectivity index (χ1) is 14.7.